The van der Waals surface area contributed by atoms with Gasteiger partial charge in [-0.3, -0.25) is 14.5 Å². The summed E-state index contributed by atoms with van der Waals surface area (Å²) < 4.78 is 7.03. The van der Waals surface area contributed by atoms with E-state index in [1.54, 1.807) is 30.0 Å². The van der Waals surface area contributed by atoms with Gasteiger partial charge in [-0.25, -0.2) is 4.79 Å². The van der Waals surface area contributed by atoms with Gasteiger partial charge < -0.3 is 15.8 Å². The fourth-order valence-electron chi connectivity index (χ4n) is 5.60. The summed E-state index contributed by atoms with van der Waals surface area (Å²) in [7, 11) is 0. The second-order valence-corrected chi connectivity index (χ2v) is 11.8. The molecule has 2 heterocycles. The third kappa shape index (κ3) is 3.55. The predicted octanol–water partition coefficient (Wildman–Crippen LogP) is 5.30. The van der Waals surface area contributed by atoms with Crippen LogP contribution in [0.3, 0.4) is 0 Å². The van der Waals surface area contributed by atoms with E-state index in [4.69, 9.17) is 10.5 Å². The van der Waals surface area contributed by atoms with Crippen molar-refractivity contribution < 1.29 is 19.1 Å². The van der Waals surface area contributed by atoms with Crippen molar-refractivity contribution in [2.24, 2.45) is 11.1 Å². The molecule has 9 heteroatoms. The highest BCUT2D eigenvalue weighted by Gasteiger charge is 2.63. The van der Waals surface area contributed by atoms with Gasteiger partial charge in [0.25, 0.3) is 0 Å². The lowest BCUT2D eigenvalue weighted by Gasteiger charge is -2.47. The second kappa shape index (κ2) is 8.59. The van der Waals surface area contributed by atoms with E-state index in [1.807, 2.05) is 38.1 Å². The summed E-state index contributed by atoms with van der Waals surface area (Å²) in [4.78, 5) is 43.4. The molecule has 5 rings (SSSR count). The van der Waals surface area contributed by atoms with Crippen LogP contribution in [-0.4, -0.2) is 24.3 Å². The van der Waals surface area contributed by atoms with Crippen molar-refractivity contribution in [3.8, 4) is 0 Å². The number of amides is 1. The lowest BCUT2D eigenvalue weighted by atomic mass is 9.60. The van der Waals surface area contributed by atoms with Crippen molar-refractivity contribution in [1.29, 1.82) is 0 Å². The number of benzene rings is 2. The van der Waals surface area contributed by atoms with Crippen LogP contribution >= 0.6 is 31.9 Å². The zero-order chi connectivity index (χ0) is 26.0. The molecule has 7 nitrogen and oxygen atoms in total. The maximum absolute atomic E-state index is 14.0. The normalized spacial score (nSPS) is 22.5. The molecule has 1 atom stereocenters. The van der Waals surface area contributed by atoms with Crippen LogP contribution in [0.4, 0.5) is 11.4 Å². The third-order valence-corrected chi connectivity index (χ3v) is 7.93. The second-order valence-electron chi connectivity index (χ2n) is 9.95. The van der Waals surface area contributed by atoms with Crippen molar-refractivity contribution in [1.82, 2.24) is 0 Å². The van der Waals surface area contributed by atoms with Crippen molar-refractivity contribution in [2.45, 2.75) is 39.0 Å². The van der Waals surface area contributed by atoms with Crippen LogP contribution in [0.5, 0.6) is 0 Å². The number of nitrogens with zero attached hydrogens (tertiary/aromatic N) is 1. The minimum absolute atomic E-state index is 0.0478. The Hall–Kier alpha value is -2.91. The number of allylic oxidation sites excluding steroid dienone is 1. The van der Waals surface area contributed by atoms with Gasteiger partial charge in [0, 0.05) is 43.6 Å². The Labute approximate surface area is 226 Å². The molecule has 0 radical (unpaired) electrons. The fraction of sp³-hybridized carbons (Fsp3) is 0.296. The molecule has 0 bridgehead atoms. The van der Waals surface area contributed by atoms with E-state index in [0.717, 1.165) is 4.47 Å². The number of rotatable bonds is 3. The van der Waals surface area contributed by atoms with E-state index in [9.17, 15) is 14.4 Å². The van der Waals surface area contributed by atoms with Crippen molar-refractivity contribution >= 4 is 60.9 Å². The van der Waals surface area contributed by atoms with Gasteiger partial charge >= 0.3 is 5.97 Å². The highest BCUT2D eigenvalue weighted by atomic mass is 79.9. The maximum Gasteiger partial charge on any atom is 0.339 e. The molecule has 3 N–H and O–H groups in total. The minimum atomic E-state index is -1.72. The number of anilines is 2. The van der Waals surface area contributed by atoms with Crippen molar-refractivity contribution in [2.75, 3.05) is 16.8 Å². The number of halogens is 2. The number of hydrogen-bond acceptors (Lipinski definition) is 6. The van der Waals surface area contributed by atoms with Crippen molar-refractivity contribution in [3.05, 3.63) is 79.6 Å². The lowest BCUT2D eigenvalue weighted by molar-refractivity contribution is -0.140. The molecule has 1 aliphatic carbocycles. The zero-order valence-electron chi connectivity index (χ0n) is 20.1. The SMILES string of the molecule is CCOC(=O)C1=C(N)N(c2ccc(Br)cc2)C2=C(C(=O)CC(C)(C)C2)C12C(=O)Nc1ccc(Br)cc12. The Balaban J connectivity index is 1.92. The summed E-state index contributed by atoms with van der Waals surface area (Å²) in [6.07, 6.45) is 0.716. The summed E-state index contributed by atoms with van der Waals surface area (Å²) in [5.41, 5.74) is 7.30. The molecule has 2 aromatic rings. The number of esters is 1. The number of fused-ring (bicyclic) bond motifs is 3. The molecular formula is C27H25Br2N3O4. The van der Waals surface area contributed by atoms with Crippen LogP contribution in [0.15, 0.2) is 74.1 Å². The van der Waals surface area contributed by atoms with E-state index < -0.39 is 17.3 Å². The summed E-state index contributed by atoms with van der Waals surface area (Å²) in [5.74, 6) is -1.34. The number of Topliss-reactive ketones (excluding diaryl/α,β-unsaturated/α-hetero) is 1. The Morgan fingerprint density at radius 2 is 1.75 bits per heavy atom. The van der Waals surface area contributed by atoms with Gasteiger partial charge in [0.2, 0.25) is 5.91 Å². The number of carbonyl (C=O) groups excluding carboxylic acids is 3. The molecule has 1 unspecified atom stereocenters. The van der Waals surface area contributed by atoms with Gasteiger partial charge in [0.15, 0.2) is 5.78 Å². The van der Waals surface area contributed by atoms with Crippen LogP contribution in [0.25, 0.3) is 0 Å². The van der Waals surface area contributed by atoms with Crippen LogP contribution in [0, 0.1) is 5.41 Å². The molecular weight excluding hydrogens is 590 g/mol. The van der Waals surface area contributed by atoms with Gasteiger partial charge in [0.05, 0.1) is 6.61 Å². The maximum atomic E-state index is 14.0. The highest BCUT2D eigenvalue weighted by Crippen LogP contribution is 2.57. The first-order valence-electron chi connectivity index (χ1n) is 11.6. The first kappa shape index (κ1) is 24.8. The zero-order valence-corrected chi connectivity index (χ0v) is 23.2. The molecule has 2 aromatic carbocycles. The number of ketones is 1. The molecule has 1 amide bonds. The first-order valence-corrected chi connectivity index (χ1v) is 13.2. The summed E-state index contributed by atoms with van der Waals surface area (Å²) in [6, 6.07) is 12.8. The summed E-state index contributed by atoms with van der Waals surface area (Å²) in [5, 5.41) is 2.90. The lowest BCUT2D eigenvalue weighted by Crippen LogP contribution is -2.54. The molecule has 1 spiro atoms. The standard InChI is InChI=1S/C27H25Br2N3O4/c1-4-36-24(34)22-23(30)32(16-8-5-14(28)6-9-16)19-12-26(2,3)13-20(33)21(19)27(22)17-11-15(29)7-10-18(17)31-25(27)35/h5-11H,4,12-13,30H2,1-3H3,(H,31,35). The van der Waals surface area contributed by atoms with Crippen LogP contribution in [0.2, 0.25) is 0 Å². The molecule has 36 heavy (non-hydrogen) atoms. The minimum Gasteiger partial charge on any atom is -0.462 e. The molecule has 186 valence electrons. The van der Waals surface area contributed by atoms with Gasteiger partial charge in [-0.2, -0.15) is 0 Å². The average Bonchev–Trinajstić information content (AvgIpc) is 3.05. The molecule has 0 aromatic heterocycles. The monoisotopic (exact) mass is 613 g/mol. The third-order valence-electron chi connectivity index (χ3n) is 6.91. The molecule has 3 aliphatic rings. The molecule has 0 fully saturated rings. The van der Waals surface area contributed by atoms with Gasteiger partial charge in [-0.1, -0.05) is 45.7 Å². The first-order chi connectivity index (χ1) is 17.0. The van der Waals surface area contributed by atoms with Gasteiger partial charge in [-0.05, 0) is 61.2 Å². The quantitative estimate of drug-likeness (QED) is 0.455. The summed E-state index contributed by atoms with van der Waals surface area (Å²) >= 11 is 6.95. The predicted molar refractivity (Wildman–Crippen MR) is 144 cm³/mol. The van der Waals surface area contributed by atoms with E-state index in [-0.39, 0.29) is 41.2 Å². The number of hydrogen-bond donors (Lipinski definition) is 2. The number of nitrogens with one attached hydrogen (secondary N) is 1. The van der Waals surface area contributed by atoms with E-state index in [0.29, 0.717) is 33.5 Å². The summed E-state index contributed by atoms with van der Waals surface area (Å²) in [6.45, 7) is 5.81. The smallest absolute Gasteiger partial charge is 0.339 e. The molecule has 0 saturated carbocycles. The van der Waals surface area contributed by atoms with Crippen LogP contribution < -0.4 is 16.0 Å². The largest absolute Gasteiger partial charge is 0.462 e. The molecule has 2 aliphatic heterocycles. The Morgan fingerprint density at radius 3 is 2.42 bits per heavy atom. The Morgan fingerprint density at radius 1 is 1.08 bits per heavy atom. The Kier molecular flexibility index (Phi) is 5.91. The van der Waals surface area contributed by atoms with Crippen molar-refractivity contribution in [3.63, 3.8) is 0 Å². The number of ether oxygens (including phenoxy) is 1. The highest BCUT2D eigenvalue weighted by molar-refractivity contribution is 9.10. The topological polar surface area (TPSA) is 102 Å². The van der Waals surface area contributed by atoms with E-state index >= 15 is 0 Å². The average molecular weight is 615 g/mol. The number of nitrogens with two attached hydrogens (primary N) is 1. The van der Waals surface area contributed by atoms with E-state index in [1.165, 1.54) is 0 Å². The van der Waals surface area contributed by atoms with Gasteiger partial charge in [-0.15, -0.1) is 0 Å². The van der Waals surface area contributed by atoms with E-state index in [2.05, 4.69) is 37.2 Å². The van der Waals surface area contributed by atoms with Gasteiger partial charge in [0.1, 0.15) is 16.8 Å². The Bertz CT molecular complexity index is 1390. The molecule has 0 saturated heterocycles. The van der Waals surface area contributed by atoms with Crippen LogP contribution in [0.1, 0.15) is 39.2 Å². The number of carbonyl (C=O) groups is 3. The van der Waals surface area contributed by atoms with Crippen LogP contribution in [-0.2, 0) is 24.5 Å². The fourth-order valence-corrected chi connectivity index (χ4v) is 6.22.